The molecule has 0 spiro atoms. The fourth-order valence-corrected chi connectivity index (χ4v) is 4.62. The molecule has 0 unspecified atom stereocenters. The fourth-order valence-electron chi connectivity index (χ4n) is 3.78. The van der Waals surface area contributed by atoms with Crippen molar-refractivity contribution in [1.82, 2.24) is 15.0 Å². The highest BCUT2D eigenvalue weighted by Gasteiger charge is 2.19. The molecule has 156 valence electrons. The van der Waals surface area contributed by atoms with Crippen molar-refractivity contribution in [1.29, 1.82) is 0 Å². The molecule has 3 aromatic heterocycles. The predicted octanol–water partition coefficient (Wildman–Crippen LogP) is 4.58. The quantitative estimate of drug-likeness (QED) is 0.492. The van der Waals surface area contributed by atoms with Crippen LogP contribution in [0.1, 0.15) is 29.6 Å². The van der Waals surface area contributed by atoms with Gasteiger partial charge < -0.3 is 16.0 Å². The van der Waals surface area contributed by atoms with Crippen molar-refractivity contribution in [3.63, 3.8) is 0 Å². The minimum absolute atomic E-state index is 0.243. The van der Waals surface area contributed by atoms with Crippen molar-refractivity contribution >= 4 is 44.8 Å². The van der Waals surface area contributed by atoms with E-state index in [0.717, 1.165) is 34.7 Å². The number of piperidine rings is 1. The third kappa shape index (κ3) is 4.06. The molecule has 31 heavy (non-hydrogen) atoms. The maximum absolute atomic E-state index is 12.5. The summed E-state index contributed by atoms with van der Waals surface area (Å²) < 4.78 is 1.13. The minimum atomic E-state index is -0.243. The molecular formula is C23H22N6OS. The van der Waals surface area contributed by atoms with Crippen LogP contribution in [0, 0.1) is 0 Å². The molecule has 0 atom stereocenters. The lowest BCUT2D eigenvalue weighted by Gasteiger charge is -2.28. The highest BCUT2D eigenvalue weighted by Crippen LogP contribution is 2.33. The maximum atomic E-state index is 12.5. The molecule has 0 radical (unpaired) electrons. The van der Waals surface area contributed by atoms with Crippen LogP contribution in [-0.4, -0.2) is 33.9 Å². The van der Waals surface area contributed by atoms with Crippen molar-refractivity contribution in [2.45, 2.75) is 19.3 Å². The molecule has 5 rings (SSSR count). The van der Waals surface area contributed by atoms with Crippen LogP contribution in [0.25, 0.3) is 21.6 Å². The standard InChI is InChI=1S/C23H22N6OS/c24-19-8-7-16(14-25-19)23(30)26-17-6-4-5-15(13-17)21-27-18-9-12-31-20(18)22(28-21)29-10-2-1-3-11-29/h4-9,12-14H,1-3,10-11H2,(H2,24,25)(H,26,30). The summed E-state index contributed by atoms with van der Waals surface area (Å²) in [5, 5.41) is 4.98. The van der Waals surface area contributed by atoms with E-state index in [1.54, 1.807) is 23.5 Å². The second kappa shape index (κ2) is 8.31. The van der Waals surface area contributed by atoms with E-state index in [1.807, 2.05) is 30.3 Å². The Kier molecular flexibility index (Phi) is 5.21. The van der Waals surface area contributed by atoms with Gasteiger partial charge in [-0.3, -0.25) is 4.79 Å². The van der Waals surface area contributed by atoms with Gasteiger partial charge in [-0.1, -0.05) is 12.1 Å². The average molecular weight is 431 g/mol. The van der Waals surface area contributed by atoms with Crippen molar-refractivity contribution in [2.24, 2.45) is 0 Å². The van der Waals surface area contributed by atoms with Crippen molar-refractivity contribution in [2.75, 3.05) is 29.0 Å². The Morgan fingerprint density at radius 1 is 1.06 bits per heavy atom. The molecule has 0 saturated carbocycles. The number of carbonyl (C=O) groups is 1. The van der Waals surface area contributed by atoms with Gasteiger partial charge in [0, 0.05) is 30.5 Å². The largest absolute Gasteiger partial charge is 0.384 e. The van der Waals surface area contributed by atoms with Gasteiger partial charge in [0.1, 0.15) is 5.82 Å². The lowest BCUT2D eigenvalue weighted by molar-refractivity contribution is 0.102. The molecule has 1 amide bonds. The van der Waals surface area contributed by atoms with E-state index in [-0.39, 0.29) is 5.91 Å². The monoisotopic (exact) mass is 430 g/mol. The summed E-state index contributed by atoms with van der Waals surface area (Å²) in [5.74, 6) is 1.81. The van der Waals surface area contributed by atoms with Gasteiger partial charge in [0.25, 0.3) is 5.91 Å². The molecule has 7 nitrogen and oxygen atoms in total. The molecular weight excluding hydrogens is 408 g/mol. The number of nitrogen functional groups attached to an aromatic ring is 1. The van der Waals surface area contributed by atoms with Crippen LogP contribution in [0.2, 0.25) is 0 Å². The zero-order chi connectivity index (χ0) is 21.2. The summed E-state index contributed by atoms with van der Waals surface area (Å²) in [6, 6.07) is 12.9. The van der Waals surface area contributed by atoms with E-state index in [0.29, 0.717) is 22.9 Å². The fraction of sp³-hybridized carbons (Fsp3) is 0.217. The second-order valence-electron chi connectivity index (χ2n) is 7.56. The number of anilines is 3. The first-order valence-electron chi connectivity index (χ1n) is 10.3. The number of amides is 1. The Balaban J connectivity index is 1.46. The van der Waals surface area contributed by atoms with Crippen LogP contribution >= 0.6 is 11.3 Å². The number of rotatable bonds is 4. The first-order valence-corrected chi connectivity index (χ1v) is 11.2. The highest BCUT2D eigenvalue weighted by molar-refractivity contribution is 7.17. The molecule has 3 N–H and O–H groups in total. The molecule has 4 aromatic rings. The van der Waals surface area contributed by atoms with Crippen molar-refractivity contribution in [3.05, 3.63) is 59.6 Å². The van der Waals surface area contributed by atoms with Crippen LogP contribution < -0.4 is 16.0 Å². The molecule has 1 saturated heterocycles. The Morgan fingerprint density at radius 3 is 2.74 bits per heavy atom. The third-order valence-electron chi connectivity index (χ3n) is 5.37. The number of fused-ring (bicyclic) bond motifs is 1. The molecule has 0 aliphatic carbocycles. The van der Waals surface area contributed by atoms with E-state index >= 15 is 0 Å². The zero-order valence-corrected chi connectivity index (χ0v) is 17.7. The Labute approximate surface area is 184 Å². The van der Waals surface area contributed by atoms with Crippen LogP contribution in [0.4, 0.5) is 17.3 Å². The van der Waals surface area contributed by atoms with Gasteiger partial charge in [0.2, 0.25) is 0 Å². The van der Waals surface area contributed by atoms with Gasteiger partial charge in [-0.2, -0.15) is 0 Å². The molecule has 8 heteroatoms. The zero-order valence-electron chi connectivity index (χ0n) is 16.9. The summed E-state index contributed by atoms with van der Waals surface area (Å²) in [4.78, 5) is 28.6. The van der Waals surface area contributed by atoms with Gasteiger partial charge in [-0.25, -0.2) is 15.0 Å². The molecule has 0 bridgehead atoms. The predicted molar refractivity (Wildman–Crippen MR) is 126 cm³/mol. The topological polar surface area (TPSA) is 97.0 Å². The summed E-state index contributed by atoms with van der Waals surface area (Å²) in [7, 11) is 0. The number of carbonyl (C=O) groups excluding carboxylic acids is 1. The number of hydrogen-bond acceptors (Lipinski definition) is 7. The second-order valence-corrected chi connectivity index (χ2v) is 8.48. The van der Waals surface area contributed by atoms with Crippen LogP contribution in [0.5, 0.6) is 0 Å². The number of nitrogens with zero attached hydrogens (tertiary/aromatic N) is 4. The van der Waals surface area contributed by atoms with Crippen molar-refractivity contribution < 1.29 is 4.79 Å². The van der Waals surface area contributed by atoms with Gasteiger partial charge in [0.05, 0.1) is 15.8 Å². The number of benzene rings is 1. The molecule has 1 aromatic carbocycles. The van der Waals surface area contributed by atoms with E-state index in [2.05, 4.69) is 20.6 Å². The van der Waals surface area contributed by atoms with Crippen molar-refractivity contribution in [3.8, 4) is 11.4 Å². The number of aromatic nitrogens is 3. The summed E-state index contributed by atoms with van der Waals surface area (Å²) >= 11 is 1.68. The van der Waals surface area contributed by atoms with Gasteiger partial charge in [-0.05, 0) is 55.0 Å². The maximum Gasteiger partial charge on any atom is 0.257 e. The average Bonchev–Trinajstić information content (AvgIpc) is 3.28. The number of thiophene rings is 1. The van der Waals surface area contributed by atoms with E-state index < -0.39 is 0 Å². The van der Waals surface area contributed by atoms with Crippen LogP contribution in [0.15, 0.2) is 54.0 Å². The number of nitrogens with two attached hydrogens (primary N) is 1. The Morgan fingerprint density at radius 2 is 1.94 bits per heavy atom. The first-order chi connectivity index (χ1) is 15.2. The van der Waals surface area contributed by atoms with E-state index in [1.165, 1.54) is 25.5 Å². The smallest absolute Gasteiger partial charge is 0.257 e. The number of nitrogens with one attached hydrogen (secondary N) is 1. The number of hydrogen-bond donors (Lipinski definition) is 2. The summed E-state index contributed by atoms with van der Waals surface area (Å²) in [5.41, 5.74) is 8.54. The SMILES string of the molecule is Nc1ccc(C(=O)Nc2cccc(-c3nc(N4CCCCC4)c4sccc4n3)c2)cn1. The van der Waals surface area contributed by atoms with Gasteiger partial charge in [0.15, 0.2) is 11.6 Å². The van der Waals surface area contributed by atoms with Gasteiger partial charge in [-0.15, -0.1) is 11.3 Å². The first kappa shape index (κ1) is 19.4. The Bertz CT molecular complexity index is 1230. The Hall–Kier alpha value is -3.52. The molecule has 1 fully saturated rings. The van der Waals surface area contributed by atoms with E-state index in [4.69, 9.17) is 15.7 Å². The lowest BCUT2D eigenvalue weighted by Crippen LogP contribution is -2.30. The normalized spacial score (nSPS) is 14.0. The van der Waals surface area contributed by atoms with E-state index in [9.17, 15) is 4.79 Å². The lowest BCUT2D eigenvalue weighted by atomic mass is 10.1. The minimum Gasteiger partial charge on any atom is -0.384 e. The third-order valence-corrected chi connectivity index (χ3v) is 6.27. The van der Waals surface area contributed by atoms with Crippen LogP contribution in [0.3, 0.4) is 0 Å². The van der Waals surface area contributed by atoms with Gasteiger partial charge >= 0.3 is 0 Å². The number of pyridine rings is 1. The highest BCUT2D eigenvalue weighted by atomic mass is 32.1. The molecule has 1 aliphatic heterocycles. The molecule has 1 aliphatic rings. The van der Waals surface area contributed by atoms with Crippen LogP contribution in [-0.2, 0) is 0 Å². The summed E-state index contributed by atoms with van der Waals surface area (Å²) in [6.45, 7) is 2.05. The summed E-state index contributed by atoms with van der Waals surface area (Å²) in [6.07, 6.45) is 5.11. The molecule has 4 heterocycles.